The Bertz CT molecular complexity index is 1480. The van der Waals surface area contributed by atoms with Crippen molar-refractivity contribution in [2.45, 2.75) is 25.7 Å². The van der Waals surface area contributed by atoms with Crippen molar-refractivity contribution in [1.29, 1.82) is 0 Å². The molecule has 2 aromatic heterocycles. The molecule has 35 heavy (non-hydrogen) atoms. The van der Waals surface area contributed by atoms with Crippen LogP contribution in [0.2, 0.25) is 0 Å². The summed E-state index contributed by atoms with van der Waals surface area (Å²) in [4.78, 5) is 0.265. The number of methoxy groups -OCH3 is 2. The number of nitrogens with one attached hydrogen (secondary N) is 1. The van der Waals surface area contributed by atoms with Gasteiger partial charge in [0.25, 0.3) is 0 Å². The van der Waals surface area contributed by atoms with Gasteiger partial charge in [-0.1, -0.05) is 6.07 Å². The molecule has 0 aliphatic rings. The molecule has 0 aliphatic carbocycles. The summed E-state index contributed by atoms with van der Waals surface area (Å²) in [7, 11) is -0.526. The van der Waals surface area contributed by atoms with Crippen LogP contribution < -0.4 is 18.9 Å². The third-order valence-corrected chi connectivity index (χ3v) is 7.21. The molecule has 0 saturated heterocycles. The van der Waals surface area contributed by atoms with E-state index in [1.54, 1.807) is 57.5 Å². The van der Waals surface area contributed by atoms with Gasteiger partial charge < -0.3 is 14.2 Å². The molecule has 4 rings (SSSR count). The molecule has 0 atom stereocenters. The van der Waals surface area contributed by atoms with E-state index in [9.17, 15) is 8.42 Å². The minimum atomic E-state index is -3.67. The van der Waals surface area contributed by atoms with Crippen molar-refractivity contribution in [2.24, 2.45) is 0 Å². The molecule has 1 N–H and O–H groups in total. The number of aryl methyl sites for hydroxylation is 3. The molecule has 0 unspecified atom stereocenters. The molecule has 0 spiro atoms. The third kappa shape index (κ3) is 5.05. The Kier molecular flexibility index (Phi) is 6.90. The SMILES string of the molecule is COc1ccc(OC)c(-c2nnc3ccc(OCCNS(=O)(=O)c4cc(C)c(C)cc4C)nn23)c1. The Morgan fingerprint density at radius 3 is 2.43 bits per heavy atom. The average Bonchev–Trinajstić information content (AvgIpc) is 3.26. The Morgan fingerprint density at radius 2 is 1.69 bits per heavy atom. The van der Waals surface area contributed by atoms with Crippen molar-refractivity contribution in [3.05, 3.63) is 59.2 Å². The largest absolute Gasteiger partial charge is 0.497 e. The molecule has 0 radical (unpaired) electrons. The van der Waals surface area contributed by atoms with Crippen molar-refractivity contribution in [3.8, 4) is 28.8 Å². The van der Waals surface area contributed by atoms with Crippen LogP contribution in [-0.2, 0) is 10.0 Å². The van der Waals surface area contributed by atoms with Gasteiger partial charge in [0, 0.05) is 12.6 Å². The Hall–Kier alpha value is -3.70. The highest BCUT2D eigenvalue weighted by Gasteiger charge is 2.18. The quantitative estimate of drug-likeness (QED) is 0.351. The third-order valence-electron chi connectivity index (χ3n) is 5.61. The van der Waals surface area contributed by atoms with Gasteiger partial charge in [-0.3, -0.25) is 0 Å². The Balaban J connectivity index is 1.49. The Morgan fingerprint density at radius 1 is 0.914 bits per heavy atom. The second-order valence-electron chi connectivity index (χ2n) is 7.98. The zero-order valence-corrected chi connectivity index (χ0v) is 21.0. The van der Waals surface area contributed by atoms with Gasteiger partial charge in [-0.25, -0.2) is 13.1 Å². The van der Waals surface area contributed by atoms with E-state index in [-0.39, 0.29) is 18.0 Å². The lowest BCUT2D eigenvalue weighted by Crippen LogP contribution is -2.29. The van der Waals surface area contributed by atoms with Crippen LogP contribution in [0, 0.1) is 20.8 Å². The predicted octanol–water partition coefficient (Wildman–Crippen LogP) is 3.09. The van der Waals surface area contributed by atoms with Crippen LogP contribution in [0.15, 0.2) is 47.4 Å². The van der Waals surface area contributed by atoms with Gasteiger partial charge in [0.15, 0.2) is 11.5 Å². The van der Waals surface area contributed by atoms with Gasteiger partial charge in [-0.05, 0) is 67.8 Å². The number of benzene rings is 2. The van der Waals surface area contributed by atoms with E-state index in [1.165, 1.54) is 4.52 Å². The summed E-state index contributed by atoms with van der Waals surface area (Å²) < 4.78 is 46.1. The van der Waals surface area contributed by atoms with Crippen LogP contribution in [0.1, 0.15) is 16.7 Å². The number of ether oxygens (including phenoxy) is 3. The smallest absolute Gasteiger partial charge is 0.240 e. The first-order valence-electron chi connectivity index (χ1n) is 10.9. The van der Waals surface area contributed by atoms with Crippen molar-refractivity contribution in [2.75, 3.05) is 27.4 Å². The zero-order valence-electron chi connectivity index (χ0n) is 20.2. The number of nitrogens with zero attached hydrogens (tertiary/aromatic N) is 4. The van der Waals surface area contributed by atoms with Crippen LogP contribution >= 0.6 is 0 Å². The first-order chi connectivity index (χ1) is 16.7. The van der Waals surface area contributed by atoms with E-state index in [0.717, 1.165) is 11.1 Å². The van der Waals surface area contributed by atoms with Crippen molar-refractivity contribution < 1.29 is 22.6 Å². The van der Waals surface area contributed by atoms with Gasteiger partial charge in [0.05, 0.1) is 24.7 Å². The van der Waals surface area contributed by atoms with Gasteiger partial charge in [0.1, 0.15) is 18.1 Å². The Labute approximate surface area is 203 Å². The van der Waals surface area contributed by atoms with E-state index in [0.29, 0.717) is 40.0 Å². The second kappa shape index (κ2) is 9.88. The molecule has 184 valence electrons. The van der Waals surface area contributed by atoms with Crippen LogP contribution in [0.25, 0.3) is 17.0 Å². The van der Waals surface area contributed by atoms with Gasteiger partial charge in [-0.15, -0.1) is 15.3 Å². The molecular weight excluding hydrogens is 470 g/mol. The summed E-state index contributed by atoms with van der Waals surface area (Å²) in [5.41, 5.74) is 3.83. The molecule has 0 fully saturated rings. The molecule has 0 amide bonds. The first-order valence-corrected chi connectivity index (χ1v) is 12.4. The fraction of sp³-hybridized carbons (Fsp3) is 0.292. The number of hydrogen-bond donors (Lipinski definition) is 1. The van der Waals surface area contributed by atoms with Crippen LogP contribution in [0.4, 0.5) is 0 Å². The fourth-order valence-electron chi connectivity index (χ4n) is 3.64. The van der Waals surface area contributed by atoms with E-state index >= 15 is 0 Å². The molecule has 10 nitrogen and oxygen atoms in total. The number of sulfonamides is 1. The summed E-state index contributed by atoms with van der Waals surface area (Å²) in [6.45, 7) is 5.79. The minimum Gasteiger partial charge on any atom is -0.497 e. The zero-order chi connectivity index (χ0) is 25.2. The number of fused-ring (bicyclic) bond motifs is 1. The maximum atomic E-state index is 12.8. The monoisotopic (exact) mass is 497 g/mol. The van der Waals surface area contributed by atoms with Crippen molar-refractivity contribution in [3.63, 3.8) is 0 Å². The highest BCUT2D eigenvalue weighted by Crippen LogP contribution is 2.32. The van der Waals surface area contributed by atoms with Crippen molar-refractivity contribution in [1.82, 2.24) is 24.5 Å². The predicted molar refractivity (Wildman–Crippen MR) is 131 cm³/mol. The van der Waals surface area contributed by atoms with Gasteiger partial charge in [-0.2, -0.15) is 4.52 Å². The highest BCUT2D eigenvalue weighted by atomic mass is 32.2. The first kappa shape index (κ1) is 24.4. The molecule has 0 aliphatic heterocycles. The van der Waals surface area contributed by atoms with Crippen molar-refractivity contribution >= 4 is 15.7 Å². The highest BCUT2D eigenvalue weighted by molar-refractivity contribution is 7.89. The maximum absolute atomic E-state index is 12.8. The lowest BCUT2D eigenvalue weighted by Gasteiger charge is -2.12. The van der Waals surface area contributed by atoms with E-state index < -0.39 is 10.0 Å². The summed E-state index contributed by atoms with van der Waals surface area (Å²) in [5.74, 6) is 1.97. The van der Waals surface area contributed by atoms with Gasteiger partial charge in [0.2, 0.25) is 15.9 Å². The molecule has 0 saturated carbocycles. The fourth-order valence-corrected chi connectivity index (χ4v) is 4.96. The number of hydrogen-bond acceptors (Lipinski definition) is 8. The van der Waals surface area contributed by atoms with Crippen LogP contribution in [0.3, 0.4) is 0 Å². The minimum absolute atomic E-state index is 0.0765. The molecule has 2 aromatic carbocycles. The average molecular weight is 498 g/mol. The summed E-state index contributed by atoms with van der Waals surface area (Å²) in [5, 5.41) is 12.9. The molecular formula is C24H27N5O5S. The normalized spacial score (nSPS) is 11.6. The number of rotatable bonds is 9. The van der Waals surface area contributed by atoms with Gasteiger partial charge >= 0.3 is 0 Å². The lowest BCUT2D eigenvalue weighted by atomic mass is 10.1. The maximum Gasteiger partial charge on any atom is 0.240 e. The van der Waals surface area contributed by atoms with E-state index in [1.807, 2.05) is 19.9 Å². The summed E-state index contributed by atoms with van der Waals surface area (Å²) in [6, 6.07) is 12.3. The second-order valence-corrected chi connectivity index (χ2v) is 9.71. The summed E-state index contributed by atoms with van der Waals surface area (Å²) in [6.07, 6.45) is 0. The van der Waals surface area contributed by atoms with Crippen LogP contribution in [-0.4, -0.2) is 55.6 Å². The number of aromatic nitrogens is 4. The molecule has 11 heteroatoms. The van der Waals surface area contributed by atoms with E-state index in [2.05, 4.69) is 20.0 Å². The van der Waals surface area contributed by atoms with E-state index in [4.69, 9.17) is 14.2 Å². The molecule has 2 heterocycles. The lowest BCUT2D eigenvalue weighted by molar-refractivity contribution is 0.306. The standard InChI is InChI=1S/C24H27N5O5S/c1-15-12-17(3)21(13-16(15)2)35(30,31)25-10-11-34-23-9-8-22-26-27-24(29(22)28-23)19-14-18(32-4)6-7-20(19)33-5/h6-9,12-14,25H,10-11H2,1-5H3. The van der Waals surface area contributed by atoms with Crippen LogP contribution in [0.5, 0.6) is 17.4 Å². The summed E-state index contributed by atoms with van der Waals surface area (Å²) >= 11 is 0. The topological polar surface area (TPSA) is 117 Å². The molecule has 4 aromatic rings. The molecule has 0 bridgehead atoms.